The summed E-state index contributed by atoms with van der Waals surface area (Å²) in [6.45, 7) is 0.745. The number of hydrogen-bond donors (Lipinski definition) is 0. The summed E-state index contributed by atoms with van der Waals surface area (Å²) in [5.74, 6) is -0.715. The molecule has 0 bridgehead atoms. The second kappa shape index (κ2) is 8.26. The molecule has 0 aromatic heterocycles. The number of ether oxygens (including phenoxy) is 1. The summed E-state index contributed by atoms with van der Waals surface area (Å²) in [5, 5.41) is 10.7. The predicted molar refractivity (Wildman–Crippen MR) is 102 cm³/mol. The fourth-order valence-electron chi connectivity index (χ4n) is 2.84. The molecular formula is C18H17ClN2O6S. The lowest BCUT2D eigenvalue weighted by Crippen LogP contribution is -2.28. The number of halogens is 1. The molecule has 1 heterocycles. The molecule has 0 atom stereocenters. The van der Waals surface area contributed by atoms with Crippen LogP contribution in [0.25, 0.3) is 0 Å². The third-order valence-corrected chi connectivity index (χ3v) is 6.75. The first kappa shape index (κ1) is 20.2. The predicted octanol–water partition coefficient (Wildman–Crippen LogP) is 3.39. The molecule has 3 rings (SSSR count). The van der Waals surface area contributed by atoms with E-state index in [0.29, 0.717) is 18.7 Å². The normalized spacial score (nSPS) is 14.8. The Bertz CT molecular complexity index is 1000. The molecule has 1 aliphatic heterocycles. The second-order valence-corrected chi connectivity index (χ2v) is 8.57. The van der Waals surface area contributed by atoms with Crippen LogP contribution in [0.4, 0.5) is 5.69 Å². The van der Waals surface area contributed by atoms with Crippen molar-refractivity contribution in [2.45, 2.75) is 24.3 Å². The van der Waals surface area contributed by atoms with E-state index in [2.05, 4.69) is 0 Å². The first-order valence-electron chi connectivity index (χ1n) is 8.49. The maximum Gasteiger partial charge on any atom is 0.338 e. The van der Waals surface area contributed by atoms with Crippen LogP contribution in [0.2, 0.25) is 5.02 Å². The van der Waals surface area contributed by atoms with Crippen LogP contribution in [0.3, 0.4) is 0 Å². The fraction of sp³-hybridized carbons (Fsp3) is 0.278. The molecule has 1 saturated heterocycles. The zero-order chi connectivity index (χ0) is 20.3. The molecule has 0 amide bonds. The van der Waals surface area contributed by atoms with Gasteiger partial charge in [0.05, 0.1) is 15.5 Å². The number of esters is 1. The Morgan fingerprint density at radius 1 is 1.14 bits per heavy atom. The van der Waals surface area contributed by atoms with Gasteiger partial charge in [-0.25, -0.2) is 13.2 Å². The molecule has 2 aromatic rings. The molecule has 0 unspecified atom stereocenters. The van der Waals surface area contributed by atoms with E-state index in [0.717, 1.165) is 12.8 Å². The van der Waals surface area contributed by atoms with Crippen LogP contribution >= 0.6 is 11.6 Å². The van der Waals surface area contributed by atoms with Gasteiger partial charge in [0.25, 0.3) is 5.69 Å². The molecule has 8 nitrogen and oxygen atoms in total. The average molecular weight is 425 g/mol. The van der Waals surface area contributed by atoms with Crippen molar-refractivity contribution in [3.63, 3.8) is 0 Å². The molecule has 28 heavy (non-hydrogen) atoms. The Balaban J connectivity index is 1.74. The molecule has 0 N–H and O–H groups in total. The van der Waals surface area contributed by atoms with Crippen LogP contribution in [-0.4, -0.2) is 36.7 Å². The topological polar surface area (TPSA) is 107 Å². The minimum absolute atomic E-state index is 0.0406. The van der Waals surface area contributed by atoms with Gasteiger partial charge in [0, 0.05) is 25.2 Å². The molecule has 0 saturated carbocycles. The van der Waals surface area contributed by atoms with Gasteiger partial charge in [-0.2, -0.15) is 4.31 Å². The van der Waals surface area contributed by atoms with E-state index in [4.69, 9.17) is 16.3 Å². The lowest BCUT2D eigenvalue weighted by molar-refractivity contribution is -0.384. The van der Waals surface area contributed by atoms with E-state index < -0.39 is 20.9 Å². The lowest BCUT2D eigenvalue weighted by atomic mass is 10.2. The van der Waals surface area contributed by atoms with Gasteiger partial charge in [0.2, 0.25) is 10.0 Å². The minimum atomic E-state index is -3.78. The number of nitro benzene ring substituents is 1. The summed E-state index contributed by atoms with van der Waals surface area (Å²) < 4.78 is 32.0. The quantitative estimate of drug-likeness (QED) is 0.399. The van der Waals surface area contributed by atoms with Crippen molar-refractivity contribution in [2.75, 3.05) is 13.1 Å². The summed E-state index contributed by atoms with van der Waals surface area (Å²) in [6.07, 6.45) is 1.57. The highest BCUT2D eigenvalue weighted by atomic mass is 35.5. The number of hydrogen-bond acceptors (Lipinski definition) is 6. The molecule has 0 spiro atoms. The molecule has 0 aliphatic carbocycles. The van der Waals surface area contributed by atoms with E-state index in [1.54, 1.807) is 0 Å². The Morgan fingerprint density at radius 3 is 2.39 bits per heavy atom. The number of nitro groups is 1. The van der Waals surface area contributed by atoms with Gasteiger partial charge in [0.15, 0.2) is 0 Å². The van der Waals surface area contributed by atoms with Crippen molar-refractivity contribution in [3.8, 4) is 0 Å². The molecule has 10 heteroatoms. The van der Waals surface area contributed by atoms with Crippen LogP contribution < -0.4 is 0 Å². The molecule has 1 aliphatic rings. The van der Waals surface area contributed by atoms with Gasteiger partial charge in [-0.1, -0.05) is 11.6 Å². The van der Waals surface area contributed by atoms with Gasteiger partial charge >= 0.3 is 5.97 Å². The third-order valence-electron chi connectivity index (χ3n) is 4.37. The molecule has 0 radical (unpaired) electrons. The van der Waals surface area contributed by atoms with Crippen molar-refractivity contribution < 1.29 is 22.9 Å². The van der Waals surface area contributed by atoms with E-state index in [1.807, 2.05) is 0 Å². The van der Waals surface area contributed by atoms with Crippen molar-refractivity contribution in [1.29, 1.82) is 0 Å². The van der Waals surface area contributed by atoms with Crippen LogP contribution in [0.15, 0.2) is 47.4 Å². The zero-order valence-corrected chi connectivity index (χ0v) is 16.3. The van der Waals surface area contributed by atoms with Crippen molar-refractivity contribution in [2.24, 2.45) is 0 Å². The first-order chi connectivity index (χ1) is 13.3. The van der Waals surface area contributed by atoms with Crippen molar-refractivity contribution in [1.82, 2.24) is 4.31 Å². The standard InChI is InChI=1S/C18H17ClN2O6S/c19-16-8-5-14(11-17(16)28(25,26)20-9-1-2-10-20)18(22)27-12-13-3-6-15(7-4-13)21(23)24/h3-8,11H,1-2,9-10,12H2. The summed E-state index contributed by atoms with van der Waals surface area (Å²) in [7, 11) is -3.78. The summed E-state index contributed by atoms with van der Waals surface area (Å²) in [5.41, 5.74) is 0.562. The number of carbonyl (C=O) groups is 1. The van der Waals surface area contributed by atoms with E-state index in [1.165, 1.54) is 46.8 Å². The number of sulfonamides is 1. The highest BCUT2D eigenvalue weighted by Gasteiger charge is 2.30. The lowest BCUT2D eigenvalue weighted by Gasteiger charge is -2.17. The molecule has 1 fully saturated rings. The highest BCUT2D eigenvalue weighted by Crippen LogP contribution is 2.28. The smallest absolute Gasteiger partial charge is 0.338 e. The van der Waals surface area contributed by atoms with Gasteiger partial charge < -0.3 is 4.74 Å². The highest BCUT2D eigenvalue weighted by molar-refractivity contribution is 7.89. The van der Waals surface area contributed by atoms with E-state index in [9.17, 15) is 23.3 Å². The van der Waals surface area contributed by atoms with Crippen molar-refractivity contribution in [3.05, 3.63) is 68.7 Å². The second-order valence-electron chi connectivity index (χ2n) is 6.26. The van der Waals surface area contributed by atoms with Crippen LogP contribution in [0.5, 0.6) is 0 Å². The number of rotatable bonds is 6. The zero-order valence-electron chi connectivity index (χ0n) is 14.7. The van der Waals surface area contributed by atoms with E-state index in [-0.39, 0.29) is 27.8 Å². The maximum atomic E-state index is 12.7. The van der Waals surface area contributed by atoms with Crippen molar-refractivity contribution >= 4 is 33.3 Å². The van der Waals surface area contributed by atoms with Crippen LogP contribution in [-0.2, 0) is 21.4 Å². The maximum absolute atomic E-state index is 12.7. The number of benzene rings is 2. The minimum Gasteiger partial charge on any atom is -0.457 e. The Kier molecular flexibility index (Phi) is 5.97. The van der Waals surface area contributed by atoms with E-state index >= 15 is 0 Å². The number of carbonyl (C=O) groups excluding carboxylic acids is 1. The summed E-state index contributed by atoms with van der Waals surface area (Å²) >= 11 is 6.06. The fourth-order valence-corrected chi connectivity index (χ4v) is 4.86. The number of non-ortho nitro benzene ring substituents is 1. The van der Waals surface area contributed by atoms with Gasteiger partial charge in [0.1, 0.15) is 11.5 Å². The van der Waals surface area contributed by atoms with Crippen LogP contribution in [0.1, 0.15) is 28.8 Å². The average Bonchev–Trinajstić information content (AvgIpc) is 3.22. The largest absolute Gasteiger partial charge is 0.457 e. The van der Waals surface area contributed by atoms with Gasteiger partial charge in [-0.3, -0.25) is 10.1 Å². The first-order valence-corrected chi connectivity index (χ1v) is 10.3. The monoisotopic (exact) mass is 424 g/mol. The molecule has 2 aromatic carbocycles. The summed E-state index contributed by atoms with van der Waals surface area (Å²) in [4.78, 5) is 22.3. The van der Waals surface area contributed by atoms with Gasteiger partial charge in [-0.15, -0.1) is 0 Å². The Labute approximate surface area is 166 Å². The molecular weight excluding hydrogens is 408 g/mol. The third kappa shape index (κ3) is 4.32. The Morgan fingerprint density at radius 2 is 1.79 bits per heavy atom. The Hall–Kier alpha value is -2.49. The van der Waals surface area contributed by atoms with Gasteiger partial charge in [-0.05, 0) is 48.7 Å². The number of nitrogens with zero attached hydrogens (tertiary/aromatic N) is 2. The molecule has 148 valence electrons. The SMILES string of the molecule is O=C(OCc1ccc([N+](=O)[O-])cc1)c1ccc(Cl)c(S(=O)(=O)N2CCCC2)c1. The van der Waals surface area contributed by atoms with Crippen LogP contribution in [0, 0.1) is 10.1 Å². The summed E-state index contributed by atoms with van der Waals surface area (Å²) in [6, 6.07) is 9.55.